The van der Waals surface area contributed by atoms with E-state index in [-0.39, 0.29) is 23.7 Å². The first-order valence-electron chi connectivity index (χ1n) is 9.55. The number of hydrogen-bond donors (Lipinski definition) is 1. The molecule has 0 radical (unpaired) electrons. The molecule has 1 amide bonds. The van der Waals surface area contributed by atoms with E-state index in [1.807, 2.05) is 48.2 Å². The van der Waals surface area contributed by atoms with Crippen LogP contribution in [0, 0.1) is 5.92 Å². The molecule has 1 aromatic heterocycles. The van der Waals surface area contributed by atoms with E-state index >= 15 is 0 Å². The number of halogens is 1. The van der Waals surface area contributed by atoms with Gasteiger partial charge in [0.2, 0.25) is 5.91 Å². The molecule has 3 aromatic rings. The van der Waals surface area contributed by atoms with Gasteiger partial charge in [-0.1, -0.05) is 23.7 Å². The topological polar surface area (TPSA) is 62.4 Å². The number of aromatic nitrogens is 1. The molecule has 0 aliphatic carbocycles. The Balaban J connectivity index is 1.53. The molecule has 146 valence electrons. The van der Waals surface area contributed by atoms with Gasteiger partial charge >= 0.3 is 5.97 Å². The van der Waals surface area contributed by atoms with Gasteiger partial charge in [0, 0.05) is 39.9 Å². The van der Waals surface area contributed by atoms with E-state index in [0.717, 1.165) is 27.4 Å². The third kappa shape index (κ3) is 3.35. The van der Waals surface area contributed by atoms with Crippen LogP contribution in [-0.4, -0.2) is 42.0 Å². The quantitative estimate of drug-likeness (QED) is 0.661. The Morgan fingerprint density at radius 1 is 1.11 bits per heavy atom. The Kier molecular flexibility index (Phi) is 5.02. The molecular weight excluding hydrogens is 376 g/mol. The van der Waals surface area contributed by atoms with Crippen molar-refractivity contribution in [2.75, 3.05) is 20.2 Å². The second-order valence-electron chi connectivity index (χ2n) is 7.46. The minimum Gasteiger partial charge on any atom is -0.469 e. The Morgan fingerprint density at radius 2 is 1.86 bits per heavy atom. The minimum atomic E-state index is -0.242. The Labute approximate surface area is 168 Å². The van der Waals surface area contributed by atoms with Crippen LogP contribution in [-0.2, 0) is 14.3 Å². The number of ether oxygens (including phenoxy) is 1. The molecule has 0 bridgehead atoms. The van der Waals surface area contributed by atoms with Crippen molar-refractivity contribution in [3.63, 3.8) is 0 Å². The molecular formula is C22H23ClN2O3. The third-order valence-corrected chi connectivity index (χ3v) is 6.03. The number of nitrogens with one attached hydrogen (secondary N) is 1. The fourth-order valence-electron chi connectivity index (χ4n) is 4.08. The number of fused-ring (bicyclic) bond motifs is 3. The molecule has 5 nitrogen and oxygen atoms in total. The summed E-state index contributed by atoms with van der Waals surface area (Å²) in [5.74, 6) is -0.417. The molecule has 6 heteroatoms. The molecule has 0 unspecified atom stereocenters. The molecule has 0 saturated carbocycles. The van der Waals surface area contributed by atoms with Gasteiger partial charge in [-0.25, -0.2) is 0 Å². The SMILES string of the molecule is COC(=O)C1CCN(C(=O)[C@H](C)c2ccc3c(c2)[nH]c2ccc(Cl)cc23)CC1. The van der Waals surface area contributed by atoms with Gasteiger partial charge in [-0.05, 0) is 49.6 Å². The average Bonchev–Trinajstić information content (AvgIpc) is 3.09. The van der Waals surface area contributed by atoms with Crippen LogP contribution in [0.5, 0.6) is 0 Å². The summed E-state index contributed by atoms with van der Waals surface area (Å²) in [7, 11) is 1.41. The molecule has 1 N–H and O–H groups in total. The molecule has 0 spiro atoms. The largest absolute Gasteiger partial charge is 0.469 e. The van der Waals surface area contributed by atoms with E-state index in [2.05, 4.69) is 4.98 Å². The number of amides is 1. The minimum absolute atomic E-state index is 0.0983. The highest BCUT2D eigenvalue weighted by atomic mass is 35.5. The summed E-state index contributed by atoms with van der Waals surface area (Å²) in [6.45, 7) is 3.13. The highest BCUT2D eigenvalue weighted by molar-refractivity contribution is 6.31. The lowest BCUT2D eigenvalue weighted by Crippen LogP contribution is -2.42. The van der Waals surface area contributed by atoms with Crippen LogP contribution < -0.4 is 0 Å². The average molecular weight is 399 g/mol. The lowest BCUT2D eigenvalue weighted by molar-refractivity contribution is -0.149. The monoisotopic (exact) mass is 398 g/mol. The van der Waals surface area contributed by atoms with Gasteiger partial charge in [-0.3, -0.25) is 9.59 Å². The normalized spacial score (nSPS) is 16.5. The molecule has 2 heterocycles. The zero-order valence-corrected chi connectivity index (χ0v) is 16.8. The van der Waals surface area contributed by atoms with Crippen LogP contribution in [0.15, 0.2) is 36.4 Å². The molecule has 1 aliphatic heterocycles. The number of H-pyrrole nitrogens is 1. The van der Waals surface area contributed by atoms with Crippen molar-refractivity contribution in [3.8, 4) is 0 Å². The first-order chi connectivity index (χ1) is 13.5. The maximum absolute atomic E-state index is 13.0. The lowest BCUT2D eigenvalue weighted by Gasteiger charge is -2.32. The fourth-order valence-corrected chi connectivity index (χ4v) is 4.25. The second-order valence-corrected chi connectivity index (χ2v) is 7.90. The fraction of sp³-hybridized carbons (Fsp3) is 0.364. The summed E-state index contributed by atoms with van der Waals surface area (Å²) in [4.78, 5) is 29.9. The molecule has 1 atom stereocenters. The number of benzene rings is 2. The number of carbonyl (C=O) groups excluding carboxylic acids is 2. The number of carbonyl (C=O) groups is 2. The lowest BCUT2D eigenvalue weighted by atomic mass is 9.94. The van der Waals surface area contributed by atoms with Crippen molar-refractivity contribution in [2.24, 2.45) is 5.92 Å². The number of esters is 1. The maximum atomic E-state index is 13.0. The van der Waals surface area contributed by atoms with Crippen LogP contribution in [0.2, 0.25) is 5.02 Å². The molecule has 1 saturated heterocycles. The summed E-state index contributed by atoms with van der Waals surface area (Å²) < 4.78 is 4.82. The Bertz CT molecular complexity index is 1050. The van der Waals surface area contributed by atoms with E-state index in [0.29, 0.717) is 31.0 Å². The van der Waals surface area contributed by atoms with Crippen LogP contribution in [0.25, 0.3) is 21.8 Å². The van der Waals surface area contributed by atoms with Crippen molar-refractivity contribution < 1.29 is 14.3 Å². The predicted molar refractivity (Wildman–Crippen MR) is 111 cm³/mol. The number of nitrogens with zero attached hydrogens (tertiary/aromatic N) is 1. The molecule has 1 aliphatic rings. The van der Waals surface area contributed by atoms with Crippen molar-refractivity contribution in [1.82, 2.24) is 9.88 Å². The van der Waals surface area contributed by atoms with Gasteiger partial charge in [0.25, 0.3) is 0 Å². The zero-order chi connectivity index (χ0) is 19.8. The Hall–Kier alpha value is -2.53. The highest BCUT2D eigenvalue weighted by Crippen LogP contribution is 2.31. The van der Waals surface area contributed by atoms with Crippen LogP contribution in [0.1, 0.15) is 31.2 Å². The smallest absolute Gasteiger partial charge is 0.308 e. The summed E-state index contributed by atoms with van der Waals surface area (Å²) in [5.41, 5.74) is 3.00. The van der Waals surface area contributed by atoms with Gasteiger partial charge in [-0.15, -0.1) is 0 Å². The Morgan fingerprint density at radius 3 is 2.57 bits per heavy atom. The summed E-state index contributed by atoms with van der Waals surface area (Å²) >= 11 is 6.13. The van der Waals surface area contributed by atoms with Crippen LogP contribution >= 0.6 is 11.6 Å². The summed E-state index contributed by atoms with van der Waals surface area (Å²) in [5, 5.41) is 2.88. The summed E-state index contributed by atoms with van der Waals surface area (Å²) in [6, 6.07) is 11.9. The standard InChI is InChI=1S/C22H23ClN2O3/c1-13(21(26)25-9-7-14(8-10-25)22(27)28-2)15-3-5-17-18-12-16(23)4-6-19(18)24-20(17)11-15/h3-6,11-14,24H,7-10H2,1-2H3/t13-/m1/s1. The number of likely N-dealkylation sites (tertiary alicyclic amines) is 1. The maximum Gasteiger partial charge on any atom is 0.308 e. The first-order valence-corrected chi connectivity index (χ1v) is 9.93. The third-order valence-electron chi connectivity index (χ3n) is 5.80. The molecule has 28 heavy (non-hydrogen) atoms. The highest BCUT2D eigenvalue weighted by Gasteiger charge is 2.30. The zero-order valence-electron chi connectivity index (χ0n) is 16.0. The van der Waals surface area contributed by atoms with Crippen LogP contribution in [0.3, 0.4) is 0 Å². The number of rotatable bonds is 3. The van der Waals surface area contributed by atoms with E-state index in [4.69, 9.17) is 16.3 Å². The van der Waals surface area contributed by atoms with E-state index < -0.39 is 0 Å². The number of aromatic amines is 1. The first kappa shape index (κ1) is 18.8. The van der Waals surface area contributed by atoms with E-state index in [9.17, 15) is 9.59 Å². The van der Waals surface area contributed by atoms with Crippen molar-refractivity contribution >= 4 is 45.3 Å². The number of methoxy groups -OCH3 is 1. The predicted octanol–water partition coefficient (Wildman–Crippen LogP) is 4.49. The van der Waals surface area contributed by atoms with Gasteiger partial charge < -0.3 is 14.6 Å². The van der Waals surface area contributed by atoms with Gasteiger partial charge in [-0.2, -0.15) is 0 Å². The number of piperidine rings is 1. The van der Waals surface area contributed by atoms with Gasteiger partial charge in [0.15, 0.2) is 0 Å². The van der Waals surface area contributed by atoms with Gasteiger partial charge in [0.1, 0.15) is 0 Å². The van der Waals surface area contributed by atoms with E-state index in [1.54, 1.807) is 0 Å². The van der Waals surface area contributed by atoms with E-state index in [1.165, 1.54) is 7.11 Å². The molecule has 2 aromatic carbocycles. The van der Waals surface area contributed by atoms with Gasteiger partial charge in [0.05, 0.1) is 18.9 Å². The van der Waals surface area contributed by atoms with Crippen molar-refractivity contribution in [2.45, 2.75) is 25.7 Å². The second kappa shape index (κ2) is 7.47. The van der Waals surface area contributed by atoms with Crippen molar-refractivity contribution in [3.05, 3.63) is 47.0 Å². The van der Waals surface area contributed by atoms with Crippen LogP contribution in [0.4, 0.5) is 0 Å². The van der Waals surface area contributed by atoms with Crippen molar-refractivity contribution in [1.29, 1.82) is 0 Å². The molecule has 4 rings (SSSR count). The summed E-state index contributed by atoms with van der Waals surface area (Å²) in [6.07, 6.45) is 1.32. The number of hydrogen-bond acceptors (Lipinski definition) is 3. The molecule has 1 fully saturated rings.